The lowest BCUT2D eigenvalue weighted by molar-refractivity contribution is -0.149. The van der Waals surface area contributed by atoms with Crippen LogP contribution in [0.3, 0.4) is 0 Å². The smallest absolute Gasteiger partial charge is 0.325 e. The Labute approximate surface area is 89.4 Å². The van der Waals surface area contributed by atoms with E-state index in [1.54, 1.807) is 13.8 Å². The van der Waals surface area contributed by atoms with Crippen molar-refractivity contribution >= 4 is 17.7 Å². The molecule has 0 saturated carbocycles. The van der Waals surface area contributed by atoms with Gasteiger partial charge in [0.25, 0.3) is 0 Å². The van der Waals surface area contributed by atoms with Crippen LogP contribution < -0.4 is 0 Å². The van der Waals surface area contributed by atoms with E-state index in [4.69, 9.17) is 0 Å². The second kappa shape index (κ2) is 6.16. The van der Waals surface area contributed by atoms with Gasteiger partial charge in [-0.15, -0.1) is 0 Å². The number of ether oxygens (including phenoxy) is 1. The van der Waals surface area contributed by atoms with Crippen molar-refractivity contribution in [3.05, 3.63) is 0 Å². The first-order valence-electron chi connectivity index (χ1n) is 4.74. The van der Waals surface area contributed by atoms with Gasteiger partial charge in [-0.05, 0) is 20.8 Å². The lowest BCUT2D eigenvalue weighted by Crippen LogP contribution is -2.41. The van der Waals surface area contributed by atoms with Gasteiger partial charge in [-0.25, -0.2) is 0 Å². The molecule has 0 fully saturated rings. The molecule has 0 aromatic heterocycles. The van der Waals surface area contributed by atoms with Crippen LogP contribution in [-0.4, -0.2) is 42.3 Å². The fourth-order valence-electron chi connectivity index (χ4n) is 1.08. The number of hydrogen-bond acceptors (Lipinski definition) is 4. The number of esters is 1. The van der Waals surface area contributed by atoms with Crippen molar-refractivity contribution in [3.8, 4) is 0 Å². The predicted molar refractivity (Wildman–Crippen MR) is 54.2 cm³/mol. The topological polar surface area (TPSA) is 63.7 Å². The molecule has 0 rings (SSSR count). The Bertz CT molecular complexity index is 260. The molecule has 0 heterocycles. The third kappa shape index (κ3) is 5.15. The van der Waals surface area contributed by atoms with Gasteiger partial charge in [0.05, 0.1) is 13.5 Å². The van der Waals surface area contributed by atoms with Crippen LogP contribution in [0.2, 0.25) is 0 Å². The summed E-state index contributed by atoms with van der Waals surface area (Å²) in [5.74, 6) is -1.04. The predicted octanol–water partition coefficient (Wildman–Crippen LogP) is 0.375. The average Bonchev–Trinajstić information content (AvgIpc) is 2.11. The van der Waals surface area contributed by atoms with Crippen molar-refractivity contribution in [1.82, 2.24) is 4.90 Å². The zero-order valence-corrected chi connectivity index (χ0v) is 9.57. The van der Waals surface area contributed by atoms with Crippen molar-refractivity contribution in [3.63, 3.8) is 0 Å². The molecule has 0 spiro atoms. The number of carbonyl (C=O) groups excluding carboxylic acids is 3. The third-order valence-electron chi connectivity index (χ3n) is 1.87. The molecule has 5 heteroatoms. The first-order chi connectivity index (χ1) is 6.88. The quantitative estimate of drug-likeness (QED) is 0.491. The maximum absolute atomic E-state index is 11.5. The molecule has 0 aromatic carbocycles. The van der Waals surface area contributed by atoms with Crippen molar-refractivity contribution in [1.29, 1.82) is 0 Å². The van der Waals surface area contributed by atoms with E-state index in [-0.39, 0.29) is 30.7 Å². The van der Waals surface area contributed by atoms with Gasteiger partial charge >= 0.3 is 5.97 Å². The van der Waals surface area contributed by atoms with E-state index in [0.29, 0.717) is 0 Å². The van der Waals surface area contributed by atoms with Crippen LogP contribution in [0.4, 0.5) is 0 Å². The summed E-state index contributed by atoms with van der Waals surface area (Å²) < 4.78 is 4.47. The van der Waals surface area contributed by atoms with E-state index >= 15 is 0 Å². The Morgan fingerprint density at radius 2 is 1.80 bits per heavy atom. The molecule has 86 valence electrons. The van der Waals surface area contributed by atoms with Crippen molar-refractivity contribution in [2.75, 3.05) is 13.7 Å². The second-order valence-corrected chi connectivity index (χ2v) is 3.57. The number of ketones is 1. The molecule has 0 bridgehead atoms. The summed E-state index contributed by atoms with van der Waals surface area (Å²) in [4.78, 5) is 34.7. The van der Waals surface area contributed by atoms with Gasteiger partial charge in [0.1, 0.15) is 12.3 Å². The zero-order valence-electron chi connectivity index (χ0n) is 9.57. The van der Waals surface area contributed by atoms with Crippen molar-refractivity contribution < 1.29 is 19.1 Å². The Balaban J connectivity index is 4.45. The van der Waals surface area contributed by atoms with Crippen LogP contribution in [0, 0.1) is 0 Å². The number of carbonyl (C=O) groups is 3. The highest BCUT2D eigenvalue weighted by atomic mass is 16.5. The van der Waals surface area contributed by atoms with Gasteiger partial charge in [0.15, 0.2) is 0 Å². The molecule has 0 N–H and O–H groups in total. The van der Waals surface area contributed by atoms with E-state index < -0.39 is 5.97 Å². The molecular weight excluding hydrogens is 198 g/mol. The van der Waals surface area contributed by atoms with E-state index in [0.717, 1.165) is 0 Å². The fraction of sp³-hybridized carbons (Fsp3) is 0.700. The number of rotatable bonds is 5. The van der Waals surface area contributed by atoms with Crippen LogP contribution in [0.15, 0.2) is 0 Å². The summed E-state index contributed by atoms with van der Waals surface area (Å²) >= 11 is 0. The highest BCUT2D eigenvalue weighted by Gasteiger charge is 2.21. The Morgan fingerprint density at radius 1 is 1.27 bits per heavy atom. The van der Waals surface area contributed by atoms with Gasteiger partial charge in [-0.2, -0.15) is 0 Å². The summed E-state index contributed by atoms with van der Waals surface area (Å²) in [6.45, 7) is 4.79. The molecule has 15 heavy (non-hydrogen) atoms. The third-order valence-corrected chi connectivity index (χ3v) is 1.87. The van der Waals surface area contributed by atoms with Crippen LogP contribution in [-0.2, 0) is 19.1 Å². The highest BCUT2D eigenvalue weighted by molar-refractivity contribution is 5.97. The fourth-order valence-corrected chi connectivity index (χ4v) is 1.08. The SMILES string of the molecule is COC(=O)CN(C(=O)CC(C)=O)C(C)C. The molecule has 0 saturated heterocycles. The monoisotopic (exact) mass is 215 g/mol. The summed E-state index contributed by atoms with van der Waals surface area (Å²) in [6, 6.07) is -0.129. The molecule has 0 aromatic rings. The molecule has 0 atom stereocenters. The molecule has 0 aliphatic heterocycles. The summed E-state index contributed by atoms with van der Waals surface area (Å²) in [5, 5.41) is 0. The number of nitrogens with zero attached hydrogens (tertiary/aromatic N) is 1. The zero-order chi connectivity index (χ0) is 12.0. The number of methoxy groups -OCH3 is 1. The van der Waals surface area contributed by atoms with E-state index in [1.807, 2.05) is 0 Å². The maximum Gasteiger partial charge on any atom is 0.325 e. The van der Waals surface area contributed by atoms with Crippen LogP contribution >= 0.6 is 0 Å². The number of Topliss-reactive ketones (excluding diaryl/α,β-unsaturated/α-hetero) is 1. The molecule has 0 radical (unpaired) electrons. The van der Waals surface area contributed by atoms with E-state index in [9.17, 15) is 14.4 Å². The standard InChI is InChI=1S/C10H17NO4/c1-7(2)11(6-10(14)15-4)9(13)5-8(3)12/h7H,5-6H2,1-4H3. The maximum atomic E-state index is 11.5. The second-order valence-electron chi connectivity index (χ2n) is 3.57. The molecule has 0 unspecified atom stereocenters. The van der Waals surface area contributed by atoms with Crippen LogP contribution in [0.1, 0.15) is 27.2 Å². The first kappa shape index (κ1) is 13.6. The van der Waals surface area contributed by atoms with Crippen molar-refractivity contribution in [2.24, 2.45) is 0 Å². The molecule has 0 aliphatic carbocycles. The lowest BCUT2D eigenvalue weighted by atomic mass is 10.2. The Kier molecular flexibility index (Phi) is 5.59. The van der Waals surface area contributed by atoms with Gasteiger partial charge in [-0.3, -0.25) is 14.4 Å². The van der Waals surface area contributed by atoms with Crippen molar-refractivity contribution in [2.45, 2.75) is 33.2 Å². The molecule has 1 amide bonds. The van der Waals surface area contributed by atoms with Gasteiger partial charge in [0, 0.05) is 6.04 Å². The summed E-state index contributed by atoms with van der Waals surface area (Å²) in [7, 11) is 1.26. The van der Waals surface area contributed by atoms with Crippen LogP contribution in [0.5, 0.6) is 0 Å². The normalized spacial score (nSPS) is 9.93. The molecular formula is C10H17NO4. The Morgan fingerprint density at radius 3 is 2.13 bits per heavy atom. The largest absolute Gasteiger partial charge is 0.468 e. The molecule has 5 nitrogen and oxygen atoms in total. The average molecular weight is 215 g/mol. The number of amides is 1. The first-order valence-corrected chi connectivity index (χ1v) is 4.74. The highest BCUT2D eigenvalue weighted by Crippen LogP contribution is 2.02. The Hall–Kier alpha value is -1.39. The van der Waals surface area contributed by atoms with Gasteiger partial charge in [-0.1, -0.05) is 0 Å². The van der Waals surface area contributed by atoms with Gasteiger partial charge in [0.2, 0.25) is 5.91 Å². The van der Waals surface area contributed by atoms with E-state index in [2.05, 4.69) is 4.74 Å². The van der Waals surface area contributed by atoms with E-state index in [1.165, 1.54) is 18.9 Å². The lowest BCUT2D eigenvalue weighted by Gasteiger charge is -2.24. The molecule has 0 aliphatic rings. The minimum Gasteiger partial charge on any atom is -0.468 e. The minimum atomic E-state index is -0.486. The number of hydrogen-bond donors (Lipinski definition) is 0. The van der Waals surface area contributed by atoms with Crippen LogP contribution in [0.25, 0.3) is 0 Å². The van der Waals surface area contributed by atoms with Gasteiger partial charge < -0.3 is 9.64 Å². The summed E-state index contributed by atoms with van der Waals surface area (Å²) in [5.41, 5.74) is 0. The summed E-state index contributed by atoms with van der Waals surface area (Å²) in [6.07, 6.45) is -0.171. The minimum absolute atomic E-state index is 0.111.